The lowest BCUT2D eigenvalue weighted by atomic mass is 9.64. The molecule has 102 valence electrons. The lowest BCUT2D eigenvalue weighted by Crippen LogP contribution is -2.40. The fourth-order valence-electron chi connectivity index (χ4n) is 5.91. The normalized spacial score (nSPS) is 40.1. The van der Waals surface area contributed by atoms with Gasteiger partial charge in [0.25, 0.3) is 0 Å². The topological polar surface area (TPSA) is 3.24 Å². The minimum absolute atomic E-state index is 0.444. The molecular weight excluding hydrogens is 254 g/mol. The van der Waals surface area contributed by atoms with Crippen molar-refractivity contribution < 1.29 is 0 Å². The molecule has 0 saturated heterocycles. The highest BCUT2D eigenvalue weighted by molar-refractivity contribution is 5.77. The Balaban J connectivity index is 1.63. The zero-order chi connectivity index (χ0) is 13.7. The van der Waals surface area contributed by atoms with Crippen LogP contribution in [0.15, 0.2) is 66.7 Å². The molecule has 0 aromatic heterocycles. The van der Waals surface area contributed by atoms with Crippen LogP contribution in [0.5, 0.6) is 0 Å². The van der Waals surface area contributed by atoms with E-state index in [0.29, 0.717) is 22.8 Å². The molecule has 1 heterocycles. The lowest BCUT2D eigenvalue weighted by molar-refractivity contribution is 0.157. The zero-order valence-electron chi connectivity index (χ0n) is 11.9. The SMILES string of the molecule is C1=CC23CC1(C2)C1c2ccccc2N(c2ccccc2)C13. The molecule has 8 rings (SSSR count). The fourth-order valence-corrected chi connectivity index (χ4v) is 5.91. The number of hydrogen-bond donors (Lipinski definition) is 0. The van der Waals surface area contributed by atoms with E-state index in [4.69, 9.17) is 0 Å². The minimum Gasteiger partial charge on any atom is -0.337 e. The maximum Gasteiger partial charge on any atom is 0.0511 e. The van der Waals surface area contributed by atoms with E-state index in [0.717, 1.165) is 0 Å². The molecule has 21 heavy (non-hydrogen) atoms. The number of benzene rings is 2. The number of para-hydroxylation sites is 2. The van der Waals surface area contributed by atoms with E-state index in [1.54, 1.807) is 5.56 Å². The van der Waals surface area contributed by atoms with Gasteiger partial charge in [0, 0.05) is 22.7 Å². The molecule has 5 aliphatic carbocycles. The number of allylic oxidation sites excluding steroid dienone is 1. The summed E-state index contributed by atoms with van der Waals surface area (Å²) in [6.45, 7) is 0. The second-order valence-corrected chi connectivity index (χ2v) is 7.34. The average Bonchev–Trinajstić information content (AvgIpc) is 3.24. The summed E-state index contributed by atoms with van der Waals surface area (Å²) in [5, 5.41) is 0. The summed E-state index contributed by atoms with van der Waals surface area (Å²) in [5.41, 5.74) is 5.30. The fraction of sp³-hybridized carbons (Fsp3) is 0.300. The van der Waals surface area contributed by atoms with Gasteiger partial charge < -0.3 is 4.90 Å². The molecule has 0 amide bonds. The van der Waals surface area contributed by atoms with E-state index in [2.05, 4.69) is 71.6 Å². The molecule has 2 bridgehead atoms. The van der Waals surface area contributed by atoms with Crippen molar-refractivity contribution in [2.45, 2.75) is 24.8 Å². The number of nitrogens with zero attached hydrogens (tertiary/aromatic N) is 1. The van der Waals surface area contributed by atoms with Gasteiger partial charge in [-0.3, -0.25) is 0 Å². The average molecular weight is 271 g/mol. The third-order valence-electron chi connectivity index (χ3n) is 6.43. The molecule has 2 unspecified atom stereocenters. The number of fused-ring (bicyclic) bond motifs is 1. The third kappa shape index (κ3) is 0.994. The van der Waals surface area contributed by atoms with Crippen molar-refractivity contribution in [2.75, 3.05) is 4.90 Å². The molecule has 6 aliphatic rings. The highest BCUT2D eigenvalue weighted by atomic mass is 15.2. The van der Waals surface area contributed by atoms with E-state index in [9.17, 15) is 0 Å². The van der Waals surface area contributed by atoms with Crippen LogP contribution in [0.25, 0.3) is 0 Å². The molecular formula is C20H17N. The first kappa shape index (κ1) is 10.7. The largest absolute Gasteiger partial charge is 0.337 e. The molecule has 2 aromatic rings. The summed E-state index contributed by atoms with van der Waals surface area (Å²) in [6.07, 6.45) is 7.84. The molecule has 0 radical (unpaired) electrons. The molecule has 0 N–H and O–H groups in total. The smallest absolute Gasteiger partial charge is 0.0511 e. The van der Waals surface area contributed by atoms with Gasteiger partial charge in [-0.2, -0.15) is 0 Å². The van der Waals surface area contributed by atoms with Gasteiger partial charge in [0.15, 0.2) is 0 Å². The zero-order valence-corrected chi connectivity index (χ0v) is 11.9. The van der Waals surface area contributed by atoms with Gasteiger partial charge >= 0.3 is 0 Å². The van der Waals surface area contributed by atoms with Crippen molar-refractivity contribution in [1.29, 1.82) is 0 Å². The van der Waals surface area contributed by atoms with Crippen LogP contribution in [-0.2, 0) is 0 Å². The summed E-state index contributed by atoms with van der Waals surface area (Å²) in [5.74, 6) is 0.707. The van der Waals surface area contributed by atoms with Gasteiger partial charge in [0.2, 0.25) is 0 Å². The van der Waals surface area contributed by atoms with Gasteiger partial charge in [-0.25, -0.2) is 0 Å². The maximum absolute atomic E-state index is 2.64. The van der Waals surface area contributed by atoms with Crippen LogP contribution >= 0.6 is 0 Å². The van der Waals surface area contributed by atoms with Crippen LogP contribution in [-0.4, -0.2) is 6.04 Å². The van der Waals surface area contributed by atoms with Crippen molar-refractivity contribution in [3.8, 4) is 0 Å². The number of hydrogen-bond acceptors (Lipinski definition) is 1. The Hall–Kier alpha value is -2.02. The molecule has 3 saturated carbocycles. The standard InChI is InChI=1S/C20H17N/c1-2-6-14(7-3-1)21-16-9-5-4-8-15(16)17-18(21)20-11-10-19(17,12-20)13-20/h1-11,17-18H,12-13H2. The molecule has 3 fully saturated rings. The van der Waals surface area contributed by atoms with Crippen LogP contribution in [0.4, 0.5) is 11.4 Å². The second-order valence-electron chi connectivity index (χ2n) is 7.34. The molecule has 0 spiro atoms. The van der Waals surface area contributed by atoms with Crippen molar-refractivity contribution in [3.05, 3.63) is 72.3 Å². The van der Waals surface area contributed by atoms with E-state index in [-0.39, 0.29) is 0 Å². The predicted octanol–water partition coefficient (Wildman–Crippen LogP) is 4.64. The molecule has 1 heteroatoms. The first-order valence-electron chi connectivity index (χ1n) is 7.97. The molecule has 2 atom stereocenters. The van der Waals surface area contributed by atoms with Crippen LogP contribution in [0.1, 0.15) is 24.3 Å². The quantitative estimate of drug-likeness (QED) is 0.683. The van der Waals surface area contributed by atoms with Crippen LogP contribution < -0.4 is 4.90 Å². The molecule has 1 nitrogen and oxygen atoms in total. The van der Waals surface area contributed by atoms with E-state index >= 15 is 0 Å². The van der Waals surface area contributed by atoms with Gasteiger partial charge in [0.05, 0.1) is 6.04 Å². The van der Waals surface area contributed by atoms with Crippen molar-refractivity contribution >= 4 is 11.4 Å². The predicted molar refractivity (Wildman–Crippen MR) is 84.8 cm³/mol. The Morgan fingerprint density at radius 3 is 2.38 bits per heavy atom. The van der Waals surface area contributed by atoms with E-state index in [1.165, 1.54) is 24.2 Å². The summed E-state index contributed by atoms with van der Waals surface area (Å²) in [6, 6.07) is 20.7. The van der Waals surface area contributed by atoms with Crippen molar-refractivity contribution in [2.24, 2.45) is 10.8 Å². The first-order valence-corrected chi connectivity index (χ1v) is 7.97. The Morgan fingerprint density at radius 1 is 0.810 bits per heavy atom. The van der Waals surface area contributed by atoms with Crippen LogP contribution in [0, 0.1) is 10.8 Å². The summed E-state index contributed by atoms with van der Waals surface area (Å²) in [7, 11) is 0. The van der Waals surface area contributed by atoms with Gasteiger partial charge in [-0.05, 0) is 42.0 Å². The minimum atomic E-state index is 0.444. The first-order chi connectivity index (χ1) is 10.3. The molecule has 2 aromatic carbocycles. The van der Waals surface area contributed by atoms with Crippen LogP contribution in [0.2, 0.25) is 0 Å². The van der Waals surface area contributed by atoms with Gasteiger partial charge in [-0.15, -0.1) is 0 Å². The maximum atomic E-state index is 2.64. The highest BCUT2D eigenvalue weighted by Gasteiger charge is 2.76. The third-order valence-corrected chi connectivity index (χ3v) is 6.43. The Kier molecular flexibility index (Phi) is 1.57. The van der Waals surface area contributed by atoms with Gasteiger partial charge in [0.1, 0.15) is 0 Å². The Labute approximate surface area is 124 Å². The second kappa shape index (κ2) is 3.09. The van der Waals surface area contributed by atoms with E-state index in [1.807, 2.05) is 0 Å². The van der Waals surface area contributed by atoms with Crippen LogP contribution in [0.3, 0.4) is 0 Å². The van der Waals surface area contributed by atoms with Crippen molar-refractivity contribution in [3.63, 3.8) is 0 Å². The number of anilines is 2. The lowest BCUT2D eigenvalue weighted by Gasteiger charge is -2.42. The van der Waals surface area contributed by atoms with Crippen molar-refractivity contribution in [1.82, 2.24) is 0 Å². The summed E-state index contributed by atoms with van der Waals surface area (Å²) < 4.78 is 0. The summed E-state index contributed by atoms with van der Waals surface area (Å²) >= 11 is 0. The number of rotatable bonds is 1. The summed E-state index contributed by atoms with van der Waals surface area (Å²) in [4.78, 5) is 2.64. The Morgan fingerprint density at radius 2 is 1.52 bits per heavy atom. The van der Waals surface area contributed by atoms with Gasteiger partial charge in [-0.1, -0.05) is 48.6 Å². The monoisotopic (exact) mass is 271 g/mol. The highest BCUT2D eigenvalue weighted by Crippen LogP contribution is 2.82. The van der Waals surface area contributed by atoms with E-state index < -0.39 is 0 Å². The Bertz CT molecular complexity index is 782. The molecule has 1 aliphatic heterocycles.